The van der Waals surface area contributed by atoms with Gasteiger partial charge >= 0.3 is 0 Å². The maximum atomic E-state index is 13.8. The third-order valence-corrected chi connectivity index (χ3v) is 7.56. The Morgan fingerprint density at radius 3 is 2.12 bits per heavy atom. The number of aromatic nitrogens is 3. The fourth-order valence-corrected chi connectivity index (χ4v) is 5.71. The van der Waals surface area contributed by atoms with Crippen LogP contribution >= 0.6 is 11.8 Å². The van der Waals surface area contributed by atoms with Crippen molar-refractivity contribution >= 4 is 17.7 Å². The van der Waals surface area contributed by atoms with Crippen LogP contribution in [0.5, 0.6) is 17.2 Å². The van der Waals surface area contributed by atoms with Crippen molar-refractivity contribution in [2.24, 2.45) is 0 Å². The minimum Gasteiger partial charge on any atom is -0.490 e. The molecule has 214 valence electrons. The van der Waals surface area contributed by atoms with Gasteiger partial charge in [0.15, 0.2) is 22.5 Å². The Morgan fingerprint density at radius 1 is 0.927 bits per heavy atom. The molecule has 5 rings (SSSR count). The smallest absolute Gasteiger partial charge is 0.230 e. The van der Waals surface area contributed by atoms with E-state index in [1.807, 2.05) is 49.6 Å². The summed E-state index contributed by atoms with van der Waals surface area (Å²) in [4.78, 5) is 12.9. The normalized spacial score (nSPS) is 12.7. The van der Waals surface area contributed by atoms with Crippen LogP contribution in [0, 0.1) is 5.82 Å². The fraction of sp³-hybridized carbons (Fsp3) is 0.323. The van der Waals surface area contributed by atoms with Gasteiger partial charge in [0.05, 0.1) is 25.6 Å². The first-order chi connectivity index (χ1) is 20.0. The molecule has 41 heavy (non-hydrogen) atoms. The molecule has 1 amide bonds. The molecule has 0 unspecified atom stereocenters. The molecule has 0 saturated carbocycles. The van der Waals surface area contributed by atoms with Gasteiger partial charge in [0.1, 0.15) is 5.82 Å². The number of ether oxygens (including phenoxy) is 3. The average molecular weight is 577 g/mol. The number of hydrogen-bond donors (Lipinski definition) is 1. The summed E-state index contributed by atoms with van der Waals surface area (Å²) < 4.78 is 33.3. The fourth-order valence-electron chi connectivity index (χ4n) is 4.95. The molecule has 1 aliphatic rings. The monoisotopic (exact) mass is 576 g/mol. The van der Waals surface area contributed by atoms with Crippen molar-refractivity contribution < 1.29 is 23.4 Å². The summed E-state index contributed by atoms with van der Waals surface area (Å²) in [5.74, 6) is 1.78. The van der Waals surface area contributed by atoms with Crippen LogP contribution in [0.4, 0.5) is 4.39 Å². The lowest BCUT2D eigenvalue weighted by molar-refractivity contribution is -0.119. The molecular formula is C31H33FN4O4S. The van der Waals surface area contributed by atoms with Gasteiger partial charge in [-0.05, 0) is 81.1 Å². The van der Waals surface area contributed by atoms with Gasteiger partial charge in [0.25, 0.3) is 0 Å². The van der Waals surface area contributed by atoms with E-state index in [-0.39, 0.29) is 23.5 Å². The molecule has 1 heterocycles. The van der Waals surface area contributed by atoms with E-state index in [0.717, 1.165) is 12.8 Å². The lowest BCUT2D eigenvalue weighted by Crippen LogP contribution is -2.36. The van der Waals surface area contributed by atoms with E-state index in [2.05, 4.69) is 27.6 Å². The van der Waals surface area contributed by atoms with Crippen LogP contribution in [0.25, 0.3) is 17.1 Å². The number of nitrogens with one attached hydrogen (secondary N) is 1. The van der Waals surface area contributed by atoms with Crippen molar-refractivity contribution in [3.05, 3.63) is 77.6 Å². The number of benzene rings is 3. The quantitative estimate of drug-likeness (QED) is 0.218. The molecule has 0 fully saturated rings. The zero-order chi connectivity index (χ0) is 28.8. The Morgan fingerprint density at radius 2 is 1.54 bits per heavy atom. The number of amides is 1. The van der Waals surface area contributed by atoms with Gasteiger partial charge < -0.3 is 19.5 Å². The number of fused-ring (bicyclic) bond motifs is 1. The van der Waals surface area contributed by atoms with E-state index in [4.69, 9.17) is 14.2 Å². The van der Waals surface area contributed by atoms with Crippen LogP contribution in [0.2, 0.25) is 0 Å². The Labute approximate surface area is 243 Å². The zero-order valence-corrected chi connectivity index (χ0v) is 24.2. The van der Waals surface area contributed by atoms with Gasteiger partial charge in [-0.2, -0.15) is 0 Å². The average Bonchev–Trinajstić information content (AvgIpc) is 3.58. The third-order valence-electron chi connectivity index (χ3n) is 6.63. The van der Waals surface area contributed by atoms with Gasteiger partial charge in [0, 0.05) is 17.3 Å². The van der Waals surface area contributed by atoms with E-state index >= 15 is 0 Å². The first-order valence-electron chi connectivity index (χ1n) is 13.8. The van der Waals surface area contributed by atoms with Crippen LogP contribution in [-0.4, -0.2) is 52.3 Å². The minimum atomic E-state index is -0.354. The topological polar surface area (TPSA) is 87.5 Å². The highest BCUT2D eigenvalue weighted by Crippen LogP contribution is 2.42. The molecular weight excluding hydrogens is 543 g/mol. The lowest BCUT2D eigenvalue weighted by Gasteiger charge is -2.17. The number of carbonyl (C=O) groups excluding carboxylic acids is 1. The van der Waals surface area contributed by atoms with Crippen LogP contribution in [0.1, 0.15) is 31.9 Å². The van der Waals surface area contributed by atoms with Crippen LogP contribution in [-0.2, 0) is 17.6 Å². The van der Waals surface area contributed by atoms with E-state index in [0.29, 0.717) is 59.3 Å². The van der Waals surface area contributed by atoms with Crippen LogP contribution < -0.4 is 19.5 Å². The summed E-state index contributed by atoms with van der Waals surface area (Å²) in [6.45, 7) is 7.00. The molecule has 1 N–H and O–H groups in total. The van der Waals surface area contributed by atoms with Crippen molar-refractivity contribution in [3.8, 4) is 34.3 Å². The predicted molar refractivity (Wildman–Crippen MR) is 157 cm³/mol. The molecule has 0 aliphatic heterocycles. The Kier molecular flexibility index (Phi) is 9.08. The maximum Gasteiger partial charge on any atom is 0.230 e. The van der Waals surface area contributed by atoms with Gasteiger partial charge in [0.2, 0.25) is 11.7 Å². The van der Waals surface area contributed by atoms with Crippen molar-refractivity contribution in [2.75, 3.05) is 25.6 Å². The van der Waals surface area contributed by atoms with Gasteiger partial charge in [-0.1, -0.05) is 36.0 Å². The van der Waals surface area contributed by atoms with E-state index in [9.17, 15) is 9.18 Å². The van der Waals surface area contributed by atoms with Gasteiger partial charge in [-0.15, -0.1) is 10.2 Å². The first kappa shape index (κ1) is 28.5. The summed E-state index contributed by atoms with van der Waals surface area (Å²) in [5.41, 5.74) is 3.89. The first-order valence-corrected chi connectivity index (χ1v) is 14.8. The van der Waals surface area contributed by atoms with E-state index in [1.54, 1.807) is 12.1 Å². The van der Waals surface area contributed by atoms with Crippen LogP contribution in [0.3, 0.4) is 0 Å². The standard InChI is InChI=1S/C31H33FN4O4S/c1-4-38-26-17-22(18-27(39-5-2)29(26)40-6-3)30-34-35-31(36(30)25-13-11-23(32)12-14-25)41-19-28(37)33-24-15-20-9-7-8-10-21(20)16-24/h7-14,17-18,24H,4-6,15-16,19H2,1-3H3,(H,33,37). The number of nitrogens with zero attached hydrogens (tertiary/aromatic N) is 3. The van der Waals surface area contributed by atoms with Crippen LogP contribution in [0.15, 0.2) is 65.8 Å². The molecule has 8 nitrogen and oxygen atoms in total. The largest absolute Gasteiger partial charge is 0.490 e. The Bertz CT molecular complexity index is 1460. The number of halogens is 1. The molecule has 0 bridgehead atoms. The van der Waals surface area contributed by atoms with Crippen molar-refractivity contribution in [3.63, 3.8) is 0 Å². The number of thioether (sulfide) groups is 1. The highest BCUT2D eigenvalue weighted by Gasteiger charge is 2.24. The molecule has 1 aromatic heterocycles. The second kappa shape index (κ2) is 13.1. The Balaban J connectivity index is 1.44. The van der Waals surface area contributed by atoms with Gasteiger partial charge in [-0.25, -0.2) is 4.39 Å². The molecule has 0 radical (unpaired) electrons. The highest BCUT2D eigenvalue weighted by atomic mass is 32.2. The van der Waals surface area contributed by atoms with Gasteiger partial charge in [-0.3, -0.25) is 9.36 Å². The van der Waals surface area contributed by atoms with Crippen molar-refractivity contribution in [1.29, 1.82) is 0 Å². The summed E-state index contributed by atoms with van der Waals surface area (Å²) in [6, 6.07) is 18.1. The third kappa shape index (κ3) is 6.48. The van der Waals surface area contributed by atoms with E-state index in [1.165, 1.54) is 35.0 Å². The molecule has 0 atom stereocenters. The summed E-state index contributed by atoms with van der Waals surface area (Å²) in [5, 5.41) is 12.6. The molecule has 4 aromatic rings. The SMILES string of the molecule is CCOc1cc(-c2nnc(SCC(=O)NC3Cc4ccccc4C3)n2-c2ccc(F)cc2)cc(OCC)c1OCC. The lowest BCUT2D eigenvalue weighted by atomic mass is 10.1. The molecule has 3 aromatic carbocycles. The summed E-state index contributed by atoms with van der Waals surface area (Å²) >= 11 is 1.27. The summed E-state index contributed by atoms with van der Waals surface area (Å²) in [6.07, 6.45) is 1.65. The number of hydrogen-bond acceptors (Lipinski definition) is 7. The number of rotatable bonds is 12. The second-order valence-electron chi connectivity index (χ2n) is 9.45. The van der Waals surface area contributed by atoms with Crippen molar-refractivity contribution in [2.45, 2.75) is 44.8 Å². The molecule has 0 saturated heterocycles. The highest BCUT2D eigenvalue weighted by molar-refractivity contribution is 7.99. The zero-order valence-electron chi connectivity index (χ0n) is 23.4. The maximum absolute atomic E-state index is 13.8. The molecule has 1 aliphatic carbocycles. The second-order valence-corrected chi connectivity index (χ2v) is 10.4. The number of carbonyl (C=O) groups is 1. The molecule has 10 heteroatoms. The van der Waals surface area contributed by atoms with Crippen molar-refractivity contribution in [1.82, 2.24) is 20.1 Å². The Hall–Kier alpha value is -4.05. The predicted octanol–water partition coefficient (Wildman–Crippen LogP) is 5.65. The van der Waals surface area contributed by atoms with E-state index < -0.39 is 0 Å². The summed E-state index contributed by atoms with van der Waals surface area (Å²) in [7, 11) is 0. The molecule has 0 spiro atoms. The minimum absolute atomic E-state index is 0.0730.